The molecule has 1 N–H and O–H groups in total. The summed E-state index contributed by atoms with van der Waals surface area (Å²) >= 11 is 0. The SMILES string of the molecule is N#CN1CCC=C(c2ccc(CC(=O)Cc3cc(C4CC4)n[nH]3)cn2)C1. The number of pyridine rings is 1. The average molecular weight is 347 g/mol. The van der Waals surface area contributed by atoms with Gasteiger partial charge in [0.2, 0.25) is 0 Å². The van der Waals surface area contributed by atoms with Crippen LogP contribution in [0, 0.1) is 11.5 Å². The van der Waals surface area contributed by atoms with Gasteiger partial charge in [-0.1, -0.05) is 12.1 Å². The summed E-state index contributed by atoms with van der Waals surface area (Å²) in [5.41, 5.74) is 4.84. The predicted molar refractivity (Wildman–Crippen MR) is 97.0 cm³/mol. The van der Waals surface area contributed by atoms with Crippen LogP contribution in [-0.2, 0) is 17.6 Å². The van der Waals surface area contributed by atoms with E-state index in [-0.39, 0.29) is 5.78 Å². The molecule has 0 aromatic carbocycles. The first-order chi connectivity index (χ1) is 12.7. The molecule has 6 heteroatoms. The third kappa shape index (κ3) is 3.83. The molecule has 26 heavy (non-hydrogen) atoms. The van der Waals surface area contributed by atoms with Crippen LogP contribution in [0.15, 0.2) is 30.5 Å². The molecule has 6 nitrogen and oxygen atoms in total. The Morgan fingerprint density at radius 3 is 2.96 bits per heavy atom. The molecule has 1 saturated carbocycles. The summed E-state index contributed by atoms with van der Waals surface area (Å²) in [7, 11) is 0. The maximum atomic E-state index is 12.3. The molecule has 1 fully saturated rings. The lowest BCUT2D eigenvalue weighted by Gasteiger charge is -2.21. The van der Waals surface area contributed by atoms with Gasteiger partial charge in [-0.2, -0.15) is 10.4 Å². The smallest absolute Gasteiger partial charge is 0.179 e. The van der Waals surface area contributed by atoms with Gasteiger partial charge < -0.3 is 4.90 Å². The molecule has 4 rings (SSSR count). The molecule has 1 aliphatic carbocycles. The fourth-order valence-corrected chi connectivity index (χ4v) is 3.29. The minimum Gasteiger partial charge on any atom is -0.306 e. The molecule has 0 radical (unpaired) electrons. The highest BCUT2D eigenvalue weighted by Crippen LogP contribution is 2.39. The summed E-state index contributed by atoms with van der Waals surface area (Å²) in [4.78, 5) is 18.5. The maximum Gasteiger partial charge on any atom is 0.179 e. The van der Waals surface area contributed by atoms with Crippen LogP contribution >= 0.6 is 0 Å². The van der Waals surface area contributed by atoms with Gasteiger partial charge in [-0.25, -0.2) is 0 Å². The van der Waals surface area contributed by atoms with Crippen LogP contribution in [-0.4, -0.2) is 39.0 Å². The molecule has 2 aromatic rings. The summed E-state index contributed by atoms with van der Waals surface area (Å²) in [6.45, 7) is 1.37. The lowest BCUT2D eigenvalue weighted by molar-refractivity contribution is -0.117. The predicted octanol–water partition coefficient (Wildman–Crippen LogP) is 2.61. The minimum absolute atomic E-state index is 0.151. The molecule has 132 valence electrons. The van der Waals surface area contributed by atoms with Crippen molar-refractivity contribution in [3.63, 3.8) is 0 Å². The van der Waals surface area contributed by atoms with Crippen molar-refractivity contribution in [1.29, 1.82) is 5.26 Å². The van der Waals surface area contributed by atoms with Crippen LogP contribution in [0.1, 0.15) is 47.8 Å². The topological polar surface area (TPSA) is 85.7 Å². The van der Waals surface area contributed by atoms with Crippen molar-refractivity contribution in [2.45, 2.75) is 38.0 Å². The number of carbonyl (C=O) groups is 1. The maximum absolute atomic E-state index is 12.3. The largest absolute Gasteiger partial charge is 0.306 e. The second-order valence-corrected chi connectivity index (χ2v) is 7.08. The Balaban J connectivity index is 1.35. The molecular formula is C20H21N5O. The summed E-state index contributed by atoms with van der Waals surface area (Å²) < 4.78 is 0. The van der Waals surface area contributed by atoms with Gasteiger partial charge in [0, 0.05) is 37.2 Å². The van der Waals surface area contributed by atoms with E-state index in [0.717, 1.165) is 41.2 Å². The number of hydrogen-bond acceptors (Lipinski definition) is 5. The molecular weight excluding hydrogens is 326 g/mol. The number of nitrogens with one attached hydrogen (secondary N) is 1. The lowest BCUT2D eigenvalue weighted by atomic mass is 10.0. The van der Waals surface area contributed by atoms with Gasteiger partial charge in [0.15, 0.2) is 6.19 Å². The zero-order valence-electron chi connectivity index (χ0n) is 14.6. The molecule has 2 aliphatic rings. The highest BCUT2D eigenvalue weighted by Gasteiger charge is 2.26. The summed E-state index contributed by atoms with van der Waals surface area (Å²) in [5, 5.41) is 16.3. The first kappa shape index (κ1) is 16.5. The Bertz CT molecular complexity index is 870. The Hall–Kier alpha value is -2.94. The molecule has 0 saturated heterocycles. The van der Waals surface area contributed by atoms with Gasteiger partial charge in [0.25, 0.3) is 0 Å². The fraction of sp³-hybridized carbons (Fsp3) is 0.400. The monoisotopic (exact) mass is 347 g/mol. The highest BCUT2D eigenvalue weighted by molar-refractivity contribution is 5.82. The summed E-state index contributed by atoms with van der Waals surface area (Å²) in [6.07, 6.45) is 10.1. The van der Waals surface area contributed by atoms with E-state index in [1.807, 2.05) is 18.2 Å². The number of nitrogens with zero attached hydrogens (tertiary/aromatic N) is 4. The lowest BCUT2D eigenvalue weighted by Crippen LogP contribution is -2.24. The van der Waals surface area contributed by atoms with Crippen LogP contribution in [0.2, 0.25) is 0 Å². The van der Waals surface area contributed by atoms with Crippen LogP contribution < -0.4 is 0 Å². The Kier molecular flexibility index (Phi) is 4.53. The zero-order chi connectivity index (χ0) is 17.9. The molecule has 0 bridgehead atoms. The van der Waals surface area contributed by atoms with E-state index in [0.29, 0.717) is 25.3 Å². The van der Waals surface area contributed by atoms with E-state index >= 15 is 0 Å². The van der Waals surface area contributed by atoms with Crippen LogP contribution in [0.25, 0.3) is 5.57 Å². The number of hydrogen-bond donors (Lipinski definition) is 1. The van der Waals surface area contributed by atoms with Crippen LogP contribution in [0.4, 0.5) is 0 Å². The van der Waals surface area contributed by atoms with Crippen molar-refractivity contribution in [2.24, 2.45) is 0 Å². The number of aromatic nitrogens is 3. The number of rotatable bonds is 6. The molecule has 0 spiro atoms. The highest BCUT2D eigenvalue weighted by atomic mass is 16.1. The molecule has 0 unspecified atom stereocenters. The van der Waals surface area contributed by atoms with Crippen molar-refractivity contribution < 1.29 is 4.79 Å². The number of nitriles is 1. The Labute approximate surface area is 152 Å². The molecule has 1 aliphatic heterocycles. The molecule has 3 heterocycles. The van der Waals surface area contributed by atoms with Crippen molar-refractivity contribution in [1.82, 2.24) is 20.1 Å². The summed E-state index contributed by atoms with van der Waals surface area (Å²) in [6, 6.07) is 5.92. The van der Waals surface area contributed by atoms with Gasteiger partial charge in [-0.15, -0.1) is 0 Å². The quantitative estimate of drug-likeness (QED) is 0.812. The van der Waals surface area contributed by atoms with Gasteiger partial charge in [0.1, 0.15) is 5.78 Å². The zero-order valence-corrected chi connectivity index (χ0v) is 14.6. The molecule has 0 atom stereocenters. The number of H-pyrrole nitrogens is 1. The number of Topliss-reactive ketones (excluding diaryl/α,β-unsaturated/α-hetero) is 1. The van der Waals surface area contributed by atoms with Gasteiger partial charge in [-0.05, 0) is 42.5 Å². The van der Waals surface area contributed by atoms with Crippen LogP contribution in [0.3, 0.4) is 0 Å². The number of carbonyl (C=O) groups excluding carboxylic acids is 1. The van der Waals surface area contributed by atoms with Gasteiger partial charge in [0.05, 0.1) is 17.9 Å². The van der Waals surface area contributed by atoms with E-state index in [1.54, 1.807) is 11.1 Å². The minimum atomic E-state index is 0.151. The average Bonchev–Trinajstić information content (AvgIpc) is 3.42. The Morgan fingerprint density at radius 1 is 1.35 bits per heavy atom. The van der Waals surface area contributed by atoms with Crippen molar-refractivity contribution >= 4 is 11.4 Å². The Morgan fingerprint density at radius 2 is 2.23 bits per heavy atom. The van der Waals surface area contributed by atoms with E-state index in [4.69, 9.17) is 5.26 Å². The third-order valence-electron chi connectivity index (χ3n) is 4.88. The van der Waals surface area contributed by atoms with Gasteiger partial charge >= 0.3 is 0 Å². The number of aromatic amines is 1. The third-order valence-corrected chi connectivity index (χ3v) is 4.88. The first-order valence-corrected chi connectivity index (χ1v) is 9.06. The summed E-state index contributed by atoms with van der Waals surface area (Å²) in [5.74, 6) is 0.746. The fourth-order valence-electron chi connectivity index (χ4n) is 3.29. The van der Waals surface area contributed by atoms with Crippen molar-refractivity contribution in [3.05, 3.63) is 53.1 Å². The standard InChI is InChI=1S/C20H21N5O/c21-13-25-7-1-2-16(12-25)19-6-3-14(11-22-19)8-18(26)9-17-10-20(24-23-17)15-4-5-15/h2-3,6,10-11,15H,1,4-5,7-9,12H2,(H,23,24). The van der Waals surface area contributed by atoms with E-state index in [1.165, 1.54) is 12.8 Å². The van der Waals surface area contributed by atoms with E-state index in [9.17, 15) is 4.79 Å². The first-order valence-electron chi connectivity index (χ1n) is 9.06. The molecule has 2 aromatic heterocycles. The van der Waals surface area contributed by atoms with Crippen molar-refractivity contribution in [3.8, 4) is 6.19 Å². The van der Waals surface area contributed by atoms with Crippen LogP contribution in [0.5, 0.6) is 0 Å². The molecule has 0 amide bonds. The van der Waals surface area contributed by atoms with Crippen molar-refractivity contribution in [2.75, 3.05) is 13.1 Å². The second kappa shape index (κ2) is 7.12. The normalized spacial score (nSPS) is 16.9. The number of ketones is 1. The van der Waals surface area contributed by atoms with E-state index < -0.39 is 0 Å². The second-order valence-electron chi connectivity index (χ2n) is 7.08. The van der Waals surface area contributed by atoms with E-state index in [2.05, 4.69) is 27.5 Å². The van der Waals surface area contributed by atoms with Gasteiger partial charge in [-0.3, -0.25) is 14.9 Å².